The van der Waals surface area contributed by atoms with Crippen LogP contribution in [0.25, 0.3) is 0 Å². The molecule has 0 aromatic rings. The molecule has 0 radical (unpaired) electrons. The van der Waals surface area contributed by atoms with Crippen LogP contribution < -0.4 is 10.6 Å². The second kappa shape index (κ2) is 5.04. The largest absolute Gasteiger partial charge is 0.480 e. The predicted octanol–water partition coefficient (Wildman–Crippen LogP) is -0.855. The topological polar surface area (TPSA) is 78.4 Å². The number of terminal acetylenes is 1. The lowest BCUT2D eigenvalue weighted by Crippen LogP contribution is -2.46. The Morgan fingerprint density at radius 3 is 2.31 bits per heavy atom. The summed E-state index contributed by atoms with van der Waals surface area (Å²) in [6, 6.07) is 0.594. The van der Waals surface area contributed by atoms with Crippen molar-refractivity contribution in [3.05, 3.63) is 0 Å². The summed E-state index contributed by atoms with van der Waals surface area (Å²) in [5.74, 6) is -1.52. The standard InChI is InChI=1S/C8H12N2O3/c1-4-9-5(2)7(11)10-6(3)8(12)13/h1,5-6,9H,2-3H3,(H,10,11)(H,12,13)/t5-,6-/m1/s1. The van der Waals surface area contributed by atoms with Gasteiger partial charge < -0.3 is 15.7 Å². The number of nitrogens with one attached hydrogen (secondary N) is 2. The fourth-order valence-corrected chi connectivity index (χ4v) is 0.591. The van der Waals surface area contributed by atoms with Crippen molar-refractivity contribution >= 4 is 11.9 Å². The van der Waals surface area contributed by atoms with Crippen molar-refractivity contribution in [1.82, 2.24) is 10.6 Å². The van der Waals surface area contributed by atoms with Crippen molar-refractivity contribution in [2.24, 2.45) is 0 Å². The number of aliphatic carboxylic acids is 1. The third kappa shape index (κ3) is 4.01. The number of carboxylic acids is 1. The molecule has 0 aliphatic rings. The van der Waals surface area contributed by atoms with Crippen LogP contribution in [0.4, 0.5) is 0 Å². The first kappa shape index (κ1) is 11.3. The van der Waals surface area contributed by atoms with Crippen molar-refractivity contribution < 1.29 is 14.7 Å². The molecule has 0 aromatic heterocycles. The number of rotatable bonds is 4. The maximum atomic E-state index is 11.1. The van der Waals surface area contributed by atoms with Crippen molar-refractivity contribution in [3.8, 4) is 12.5 Å². The highest BCUT2D eigenvalue weighted by Gasteiger charge is 2.17. The van der Waals surface area contributed by atoms with Gasteiger partial charge in [-0.25, -0.2) is 0 Å². The van der Waals surface area contributed by atoms with Gasteiger partial charge in [0.05, 0.1) is 0 Å². The maximum absolute atomic E-state index is 11.1. The Balaban J connectivity index is 4.01. The number of hydrogen-bond donors (Lipinski definition) is 3. The molecule has 0 aliphatic carbocycles. The minimum atomic E-state index is -1.08. The van der Waals surface area contributed by atoms with Crippen LogP contribution >= 0.6 is 0 Å². The number of carboxylic acid groups (broad SMARTS) is 1. The average molecular weight is 184 g/mol. The van der Waals surface area contributed by atoms with E-state index < -0.39 is 24.0 Å². The molecule has 0 saturated heterocycles. The van der Waals surface area contributed by atoms with E-state index in [9.17, 15) is 9.59 Å². The first-order chi connectivity index (χ1) is 5.99. The van der Waals surface area contributed by atoms with Gasteiger partial charge in [-0.2, -0.15) is 0 Å². The van der Waals surface area contributed by atoms with Gasteiger partial charge in [0.2, 0.25) is 5.91 Å². The molecule has 2 atom stereocenters. The summed E-state index contributed by atoms with van der Waals surface area (Å²) >= 11 is 0. The van der Waals surface area contributed by atoms with Crippen LogP contribution in [-0.4, -0.2) is 29.1 Å². The van der Waals surface area contributed by atoms with Gasteiger partial charge in [0, 0.05) is 6.04 Å². The highest BCUT2D eigenvalue weighted by atomic mass is 16.4. The monoisotopic (exact) mass is 184 g/mol. The van der Waals surface area contributed by atoms with E-state index in [4.69, 9.17) is 11.5 Å². The van der Waals surface area contributed by atoms with E-state index in [2.05, 4.69) is 16.7 Å². The summed E-state index contributed by atoms with van der Waals surface area (Å²) in [5, 5.41) is 13.1. The first-order valence-electron chi connectivity index (χ1n) is 3.73. The lowest BCUT2D eigenvalue weighted by Gasteiger charge is -2.13. The maximum Gasteiger partial charge on any atom is 0.325 e. The fraction of sp³-hybridized carbons (Fsp3) is 0.500. The van der Waals surface area contributed by atoms with E-state index in [1.165, 1.54) is 6.92 Å². The normalized spacial score (nSPS) is 13.6. The van der Waals surface area contributed by atoms with E-state index in [0.717, 1.165) is 0 Å². The Kier molecular flexibility index (Phi) is 4.38. The van der Waals surface area contributed by atoms with Crippen LogP contribution in [0, 0.1) is 12.5 Å². The molecule has 5 nitrogen and oxygen atoms in total. The van der Waals surface area contributed by atoms with Gasteiger partial charge in [-0.15, -0.1) is 0 Å². The van der Waals surface area contributed by atoms with Crippen LogP contribution in [-0.2, 0) is 9.59 Å². The molecule has 0 heterocycles. The summed E-state index contributed by atoms with van der Waals surface area (Å²) in [5.41, 5.74) is 0. The molecule has 0 fully saturated rings. The zero-order valence-electron chi connectivity index (χ0n) is 7.50. The van der Waals surface area contributed by atoms with Gasteiger partial charge in [0.25, 0.3) is 0 Å². The molecule has 0 spiro atoms. The minimum absolute atomic E-state index is 0.437. The molecule has 3 N–H and O–H groups in total. The first-order valence-corrected chi connectivity index (χ1v) is 3.73. The van der Waals surface area contributed by atoms with E-state index in [1.807, 2.05) is 0 Å². The van der Waals surface area contributed by atoms with E-state index in [0.29, 0.717) is 0 Å². The van der Waals surface area contributed by atoms with Gasteiger partial charge in [-0.05, 0) is 13.8 Å². The Hall–Kier alpha value is -1.70. The summed E-state index contributed by atoms with van der Waals surface area (Å²) in [4.78, 5) is 21.5. The van der Waals surface area contributed by atoms with Crippen molar-refractivity contribution in [2.45, 2.75) is 25.9 Å². The molecule has 0 aliphatic heterocycles. The molecule has 0 bridgehead atoms. The molecule has 0 aromatic carbocycles. The summed E-state index contributed by atoms with van der Waals surface area (Å²) in [6.07, 6.45) is 4.90. The predicted molar refractivity (Wildman–Crippen MR) is 46.7 cm³/mol. The minimum Gasteiger partial charge on any atom is -0.480 e. The molecule has 0 rings (SSSR count). The van der Waals surface area contributed by atoms with Crippen LogP contribution in [0.3, 0.4) is 0 Å². The van der Waals surface area contributed by atoms with Crippen LogP contribution in [0.2, 0.25) is 0 Å². The number of carbonyl (C=O) groups excluding carboxylic acids is 1. The molecule has 72 valence electrons. The van der Waals surface area contributed by atoms with E-state index in [1.54, 1.807) is 6.92 Å². The zero-order chi connectivity index (χ0) is 10.4. The summed E-state index contributed by atoms with van der Waals surface area (Å²) < 4.78 is 0. The number of amides is 1. The van der Waals surface area contributed by atoms with E-state index >= 15 is 0 Å². The second-order valence-corrected chi connectivity index (χ2v) is 2.58. The van der Waals surface area contributed by atoms with Gasteiger partial charge >= 0.3 is 5.97 Å². The Bertz CT molecular complexity index is 244. The molecular formula is C8H12N2O3. The van der Waals surface area contributed by atoms with Gasteiger partial charge in [0.15, 0.2) is 0 Å². The Morgan fingerprint density at radius 2 is 1.92 bits per heavy atom. The number of hydrogen-bond acceptors (Lipinski definition) is 3. The Labute approximate surface area is 76.5 Å². The summed E-state index contributed by atoms with van der Waals surface area (Å²) in [6.45, 7) is 2.92. The lowest BCUT2D eigenvalue weighted by atomic mass is 10.2. The number of carbonyl (C=O) groups is 2. The highest BCUT2D eigenvalue weighted by Crippen LogP contribution is 1.85. The molecule has 5 heteroatoms. The van der Waals surface area contributed by atoms with Crippen LogP contribution in [0.1, 0.15) is 13.8 Å². The van der Waals surface area contributed by atoms with Crippen molar-refractivity contribution in [3.63, 3.8) is 0 Å². The quantitative estimate of drug-likeness (QED) is 0.392. The third-order valence-electron chi connectivity index (χ3n) is 1.42. The second-order valence-electron chi connectivity index (χ2n) is 2.58. The van der Waals surface area contributed by atoms with Crippen molar-refractivity contribution in [2.75, 3.05) is 0 Å². The highest BCUT2D eigenvalue weighted by molar-refractivity contribution is 5.86. The van der Waals surface area contributed by atoms with E-state index in [-0.39, 0.29) is 0 Å². The Morgan fingerprint density at radius 1 is 1.38 bits per heavy atom. The fourth-order valence-electron chi connectivity index (χ4n) is 0.591. The third-order valence-corrected chi connectivity index (χ3v) is 1.42. The smallest absolute Gasteiger partial charge is 0.325 e. The lowest BCUT2D eigenvalue weighted by molar-refractivity contribution is -0.141. The van der Waals surface area contributed by atoms with Crippen molar-refractivity contribution in [1.29, 1.82) is 0 Å². The molecular weight excluding hydrogens is 172 g/mol. The zero-order valence-corrected chi connectivity index (χ0v) is 7.50. The van der Waals surface area contributed by atoms with Crippen LogP contribution in [0.5, 0.6) is 0 Å². The summed E-state index contributed by atoms with van der Waals surface area (Å²) in [7, 11) is 0. The molecule has 0 unspecified atom stereocenters. The molecule has 0 saturated carbocycles. The SMILES string of the molecule is C#CN[C@H](C)C(=O)N[C@H](C)C(=O)O. The van der Waals surface area contributed by atoms with Gasteiger partial charge in [-0.3, -0.25) is 9.59 Å². The van der Waals surface area contributed by atoms with Gasteiger partial charge in [-0.1, -0.05) is 6.42 Å². The van der Waals surface area contributed by atoms with Crippen LogP contribution in [0.15, 0.2) is 0 Å². The average Bonchev–Trinajstić information content (AvgIpc) is 2.04. The van der Waals surface area contributed by atoms with Gasteiger partial charge in [0.1, 0.15) is 12.1 Å². The molecule has 13 heavy (non-hydrogen) atoms. The molecule has 1 amide bonds.